The molecule has 0 atom stereocenters. The van der Waals surface area contributed by atoms with E-state index < -0.39 is 0 Å². The van der Waals surface area contributed by atoms with Gasteiger partial charge in [-0.05, 0) is 68.4 Å². The highest BCUT2D eigenvalue weighted by Gasteiger charge is 2.10. The number of carbonyl (C=O) groups is 1. The van der Waals surface area contributed by atoms with E-state index in [0.29, 0.717) is 6.42 Å². The van der Waals surface area contributed by atoms with Crippen molar-refractivity contribution in [2.24, 2.45) is 0 Å². The Morgan fingerprint density at radius 2 is 1.62 bits per heavy atom. The van der Waals surface area contributed by atoms with Crippen LogP contribution in [-0.2, 0) is 24.2 Å². The zero-order chi connectivity index (χ0) is 25.7. The largest absolute Gasteiger partial charge is 0.493 e. The van der Waals surface area contributed by atoms with Crippen molar-refractivity contribution in [3.05, 3.63) is 95.8 Å². The molecule has 0 unspecified atom stereocenters. The van der Waals surface area contributed by atoms with Gasteiger partial charge >= 0.3 is 0 Å². The van der Waals surface area contributed by atoms with Crippen molar-refractivity contribution in [1.29, 1.82) is 0 Å². The van der Waals surface area contributed by atoms with Gasteiger partial charge in [-0.1, -0.05) is 67.1 Å². The van der Waals surface area contributed by atoms with Crippen molar-refractivity contribution >= 4 is 16.9 Å². The number of imidazole rings is 1. The van der Waals surface area contributed by atoms with E-state index in [1.807, 2.05) is 36.4 Å². The predicted octanol–water partition coefficient (Wildman–Crippen LogP) is 6.67. The fourth-order valence-electron chi connectivity index (χ4n) is 4.64. The zero-order valence-electron chi connectivity index (χ0n) is 22.0. The monoisotopic (exact) mass is 497 g/mol. The molecule has 37 heavy (non-hydrogen) atoms. The third-order valence-corrected chi connectivity index (χ3v) is 6.74. The highest BCUT2D eigenvalue weighted by Crippen LogP contribution is 2.20. The predicted molar refractivity (Wildman–Crippen MR) is 151 cm³/mol. The zero-order valence-corrected chi connectivity index (χ0v) is 22.0. The van der Waals surface area contributed by atoms with Crippen LogP contribution in [0.1, 0.15) is 55.5 Å². The van der Waals surface area contributed by atoms with Gasteiger partial charge in [0.15, 0.2) is 0 Å². The standard InChI is InChI=1S/C32H39N3O2/c1-26-14-7-10-19-30(26)37-25-13-12-24-35-29-18-9-8-17-28(29)34-31(35)20-6-3-11-23-33-32(36)22-21-27-15-4-2-5-16-27/h2,4-5,7-10,14-19H,3,6,11-13,20-25H2,1H3,(H,33,36). The number of amides is 1. The molecule has 1 heterocycles. The summed E-state index contributed by atoms with van der Waals surface area (Å²) in [6, 6.07) is 26.8. The average molecular weight is 498 g/mol. The maximum atomic E-state index is 12.1. The van der Waals surface area contributed by atoms with Crippen LogP contribution < -0.4 is 10.1 Å². The molecule has 0 bridgehead atoms. The number of fused-ring (bicyclic) bond motifs is 1. The number of nitrogens with zero attached hydrogens (tertiary/aromatic N) is 2. The minimum absolute atomic E-state index is 0.136. The summed E-state index contributed by atoms with van der Waals surface area (Å²) in [6.45, 7) is 4.50. The molecule has 0 fully saturated rings. The highest BCUT2D eigenvalue weighted by atomic mass is 16.5. The summed E-state index contributed by atoms with van der Waals surface area (Å²) in [5.41, 5.74) is 4.67. The van der Waals surface area contributed by atoms with Crippen molar-refractivity contribution < 1.29 is 9.53 Å². The summed E-state index contributed by atoms with van der Waals surface area (Å²) >= 11 is 0. The second kappa shape index (κ2) is 14.2. The van der Waals surface area contributed by atoms with Gasteiger partial charge in [0.25, 0.3) is 0 Å². The summed E-state index contributed by atoms with van der Waals surface area (Å²) in [5.74, 6) is 2.27. The number of benzene rings is 3. The number of para-hydroxylation sites is 3. The minimum Gasteiger partial charge on any atom is -0.493 e. The molecule has 3 aromatic carbocycles. The maximum Gasteiger partial charge on any atom is 0.220 e. The second-order valence-electron chi connectivity index (χ2n) is 9.64. The molecule has 0 radical (unpaired) electrons. The lowest BCUT2D eigenvalue weighted by Gasteiger charge is -2.11. The number of nitrogens with one attached hydrogen (secondary N) is 1. The molecule has 5 nitrogen and oxygen atoms in total. The molecule has 1 aromatic heterocycles. The van der Waals surface area contributed by atoms with Crippen LogP contribution in [0, 0.1) is 6.92 Å². The van der Waals surface area contributed by atoms with Crippen molar-refractivity contribution in [3.8, 4) is 5.75 Å². The average Bonchev–Trinajstić information content (AvgIpc) is 3.28. The number of aromatic nitrogens is 2. The SMILES string of the molecule is Cc1ccccc1OCCCCn1c(CCCCCNC(=O)CCc2ccccc2)nc2ccccc21. The molecule has 0 aliphatic carbocycles. The highest BCUT2D eigenvalue weighted by molar-refractivity contribution is 5.76. The first-order chi connectivity index (χ1) is 18.2. The van der Waals surface area contributed by atoms with Crippen LogP contribution in [-0.4, -0.2) is 28.6 Å². The van der Waals surface area contributed by atoms with Crippen LogP contribution in [0.25, 0.3) is 11.0 Å². The lowest BCUT2D eigenvalue weighted by atomic mass is 10.1. The molecule has 1 amide bonds. The number of hydrogen-bond acceptors (Lipinski definition) is 3. The lowest BCUT2D eigenvalue weighted by molar-refractivity contribution is -0.121. The fraction of sp³-hybridized carbons (Fsp3) is 0.375. The molecule has 0 aliphatic heterocycles. The van der Waals surface area contributed by atoms with Crippen molar-refractivity contribution in [3.63, 3.8) is 0 Å². The van der Waals surface area contributed by atoms with Crippen LogP contribution in [0.5, 0.6) is 5.75 Å². The number of rotatable bonds is 15. The Bertz CT molecular complexity index is 1250. The molecular formula is C32H39N3O2. The van der Waals surface area contributed by atoms with E-state index >= 15 is 0 Å². The molecular weight excluding hydrogens is 458 g/mol. The van der Waals surface area contributed by atoms with Crippen LogP contribution in [0.3, 0.4) is 0 Å². The van der Waals surface area contributed by atoms with E-state index in [4.69, 9.17) is 9.72 Å². The van der Waals surface area contributed by atoms with E-state index in [-0.39, 0.29) is 5.91 Å². The summed E-state index contributed by atoms with van der Waals surface area (Å²) in [5, 5.41) is 3.07. The Labute approximate surface area is 220 Å². The van der Waals surface area contributed by atoms with E-state index in [1.165, 1.54) is 16.6 Å². The van der Waals surface area contributed by atoms with Gasteiger partial charge in [-0.2, -0.15) is 0 Å². The Kier molecular flexibility index (Phi) is 10.2. The van der Waals surface area contributed by atoms with Gasteiger partial charge < -0.3 is 14.6 Å². The molecule has 1 N–H and O–H groups in total. The van der Waals surface area contributed by atoms with Crippen molar-refractivity contribution in [1.82, 2.24) is 14.9 Å². The lowest BCUT2D eigenvalue weighted by Crippen LogP contribution is -2.24. The number of carbonyl (C=O) groups excluding carboxylic acids is 1. The van der Waals surface area contributed by atoms with Gasteiger partial charge in [0, 0.05) is 25.9 Å². The molecule has 194 valence electrons. The molecule has 0 aliphatic rings. The van der Waals surface area contributed by atoms with Crippen LogP contribution in [0.2, 0.25) is 0 Å². The Balaban J connectivity index is 1.17. The van der Waals surface area contributed by atoms with Gasteiger partial charge in [0.05, 0.1) is 17.6 Å². The third kappa shape index (κ3) is 8.21. The molecule has 4 aromatic rings. The topological polar surface area (TPSA) is 56.1 Å². The second-order valence-corrected chi connectivity index (χ2v) is 9.64. The number of ether oxygens (including phenoxy) is 1. The minimum atomic E-state index is 0.136. The smallest absolute Gasteiger partial charge is 0.220 e. The Hall–Kier alpha value is -3.60. The van der Waals surface area contributed by atoms with Gasteiger partial charge in [0.1, 0.15) is 11.6 Å². The summed E-state index contributed by atoms with van der Waals surface area (Å²) < 4.78 is 8.36. The van der Waals surface area contributed by atoms with Crippen molar-refractivity contribution in [2.75, 3.05) is 13.2 Å². The van der Waals surface area contributed by atoms with Crippen molar-refractivity contribution in [2.45, 2.75) is 64.8 Å². The summed E-state index contributed by atoms with van der Waals surface area (Å²) in [7, 11) is 0. The quantitative estimate of drug-likeness (QED) is 0.187. The van der Waals surface area contributed by atoms with Gasteiger partial charge in [-0.15, -0.1) is 0 Å². The molecule has 5 heteroatoms. The number of aryl methyl sites for hydroxylation is 4. The maximum absolute atomic E-state index is 12.1. The Morgan fingerprint density at radius 3 is 2.49 bits per heavy atom. The molecule has 0 spiro atoms. The number of hydrogen-bond donors (Lipinski definition) is 1. The summed E-state index contributed by atoms with van der Waals surface area (Å²) in [4.78, 5) is 17.1. The Morgan fingerprint density at radius 1 is 0.838 bits per heavy atom. The number of unbranched alkanes of at least 4 members (excludes halogenated alkanes) is 3. The van der Waals surface area contributed by atoms with Gasteiger partial charge in [-0.3, -0.25) is 4.79 Å². The van der Waals surface area contributed by atoms with Crippen LogP contribution in [0.15, 0.2) is 78.9 Å². The molecule has 0 saturated carbocycles. The first-order valence-electron chi connectivity index (χ1n) is 13.6. The molecule has 0 saturated heterocycles. The first kappa shape index (κ1) is 26.5. The first-order valence-corrected chi connectivity index (χ1v) is 13.6. The van der Waals surface area contributed by atoms with E-state index in [0.717, 1.165) is 81.7 Å². The van der Waals surface area contributed by atoms with E-state index in [1.54, 1.807) is 0 Å². The fourth-order valence-corrected chi connectivity index (χ4v) is 4.64. The van der Waals surface area contributed by atoms with Gasteiger partial charge in [-0.25, -0.2) is 4.98 Å². The van der Waals surface area contributed by atoms with Crippen LogP contribution >= 0.6 is 0 Å². The normalized spacial score (nSPS) is 11.1. The van der Waals surface area contributed by atoms with Gasteiger partial charge in [0.2, 0.25) is 5.91 Å². The summed E-state index contributed by atoms with van der Waals surface area (Å²) in [6.07, 6.45) is 7.49. The molecule has 4 rings (SSSR count). The van der Waals surface area contributed by atoms with E-state index in [9.17, 15) is 4.79 Å². The third-order valence-electron chi connectivity index (χ3n) is 6.74. The van der Waals surface area contributed by atoms with Crippen LogP contribution in [0.4, 0.5) is 0 Å². The van der Waals surface area contributed by atoms with E-state index in [2.05, 4.69) is 59.3 Å².